The molecule has 8 heteroatoms. The maximum absolute atomic E-state index is 7.58. The van der Waals surface area contributed by atoms with Gasteiger partial charge in [0.15, 0.2) is 0 Å². The highest BCUT2D eigenvalue weighted by Crippen LogP contribution is 2.54. The second-order valence-corrected chi connectivity index (χ2v) is 29.7. The zero-order valence-corrected chi connectivity index (χ0v) is 60.8. The first kappa shape index (κ1) is 64.6. The fourth-order valence-corrected chi connectivity index (χ4v) is 18.5. The normalized spacial score (nSPS) is 12.5. The highest BCUT2D eigenvalue weighted by Gasteiger charge is 2.48. The van der Waals surface area contributed by atoms with Crippen molar-refractivity contribution in [3.05, 3.63) is 413 Å². The summed E-state index contributed by atoms with van der Waals surface area (Å²) in [5.74, 6) is 1.65. The van der Waals surface area contributed by atoms with Crippen LogP contribution in [-0.2, 0) is 0 Å². The number of anilines is 12. The summed E-state index contributed by atoms with van der Waals surface area (Å²) >= 11 is 1.90. The molecular formula is C102H68B2N4OS. The summed E-state index contributed by atoms with van der Waals surface area (Å²) in [7, 11) is 0. The van der Waals surface area contributed by atoms with Gasteiger partial charge in [-0.1, -0.05) is 327 Å². The predicted molar refractivity (Wildman–Crippen MR) is 464 cm³/mol. The Bertz CT molecular complexity index is 6100. The van der Waals surface area contributed by atoms with Crippen LogP contribution in [0, 0.1) is 0 Å². The van der Waals surface area contributed by atoms with E-state index in [9.17, 15) is 0 Å². The molecule has 0 fully saturated rings. The number of ether oxygens (including phenoxy) is 1. The van der Waals surface area contributed by atoms with Gasteiger partial charge in [-0.15, -0.1) is 0 Å². The van der Waals surface area contributed by atoms with Crippen LogP contribution < -0.4 is 57.1 Å². The quantitative estimate of drug-likeness (QED) is 0.101. The van der Waals surface area contributed by atoms with Crippen molar-refractivity contribution in [3.8, 4) is 78.3 Å². The van der Waals surface area contributed by atoms with E-state index in [2.05, 4.69) is 432 Å². The molecule has 0 saturated heterocycles. The first-order chi connectivity index (χ1) is 54.6. The van der Waals surface area contributed by atoms with Gasteiger partial charge < -0.3 is 24.3 Å². The Labute approximate surface area is 646 Å². The largest absolute Gasteiger partial charge is 0.458 e. The van der Waals surface area contributed by atoms with Crippen LogP contribution in [-0.4, -0.2) is 13.4 Å². The van der Waals surface area contributed by atoms with Crippen LogP contribution in [0.1, 0.15) is 0 Å². The minimum absolute atomic E-state index is 0.158. The average molecular weight is 1420 g/mol. The van der Waals surface area contributed by atoms with Gasteiger partial charge in [0.05, 0.1) is 11.4 Å². The second kappa shape index (κ2) is 27.2. The molecule has 0 saturated carbocycles. The molecule has 21 rings (SSSR count). The molecule has 5 nitrogen and oxygen atoms in total. The number of rotatable bonds is 14. The van der Waals surface area contributed by atoms with Crippen LogP contribution in [0.3, 0.4) is 0 Å². The molecular weight excluding hydrogens is 1350 g/mol. The number of benzene rings is 17. The number of nitrogens with zero attached hydrogens (tertiary/aromatic N) is 4. The molecule has 514 valence electrons. The maximum atomic E-state index is 7.58. The van der Waals surface area contributed by atoms with Gasteiger partial charge in [0.2, 0.25) is 6.71 Å². The molecule has 0 bridgehead atoms. The molecule has 0 radical (unpaired) electrons. The van der Waals surface area contributed by atoms with Crippen molar-refractivity contribution in [2.75, 3.05) is 19.6 Å². The molecule has 4 aliphatic heterocycles. The summed E-state index contributed by atoms with van der Waals surface area (Å²) in [4.78, 5) is 12.4. The van der Waals surface area contributed by atoms with E-state index in [-0.39, 0.29) is 13.4 Å². The van der Waals surface area contributed by atoms with Crippen molar-refractivity contribution in [1.29, 1.82) is 0 Å². The van der Waals surface area contributed by atoms with Crippen molar-refractivity contribution in [2.24, 2.45) is 0 Å². The summed E-state index contributed by atoms with van der Waals surface area (Å²) in [6.45, 7) is -0.403. The van der Waals surface area contributed by atoms with Gasteiger partial charge in [-0.05, 0) is 180 Å². The molecule has 17 aromatic rings. The van der Waals surface area contributed by atoms with Crippen molar-refractivity contribution in [2.45, 2.75) is 9.79 Å². The van der Waals surface area contributed by atoms with E-state index in [1.165, 1.54) is 53.9 Å². The minimum Gasteiger partial charge on any atom is -0.458 e. The zero-order chi connectivity index (χ0) is 72.6. The lowest BCUT2D eigenvalue weighted by Crippen LogP contribution is -2.63. The van der Waals surface area contributed by atoms with E-state index < -0.39 is 0 Å². The van der Waals surface area contributed by atoms with E-state index in [1.807, 2.05) is 11.8 Å². The highest BCUT2D eigenvalue weighted by atomic mass is 32.2. The predicted octanol–water partition coefficient (Wildman–Crippen LogP) is 23.8. The molecule has 0 unspecified atom stereocenters. The average Bonchev–Trinajstić information content (AvgIpc) is 0.690. The van der Waals surface area contributed by atoms with Crippen LogP contribution in [0.25, 0.3) is 66.8 Å². The Morgan fingerprint density at radius 1 is 0.227 bits per heavy atom. The van der Waals surface area contributed by atoms with Gasteiger partial charge in [0.1, 0.15) is 11.5 Å². The van der Waals surface area contributed by atoms with Crippen LogP contribution in [0.5, 0.6) is 11.5 Å². The van der Waals surface area contributed by atoms with E-state index in [1.54, 1.807) is 0 Å². The van der Waals surface area contributed by atoms with E-state index >= 15 is 0 Å². The fourth-order valence-electron chi connectivity index (χ4n) is 17.3. The molecule has 4 heterocycles. The van der Waals surface area contributed by atoms with E-state index in [0.717, 1.165) is 135 Å². The maximum Gasteiger partial charge on any atom is 0.256 e. The zero-order valence-electron chi connectivity index (χ0n) is 60.0. The van der Waals surface area contributed by atoms with Crippen LogP contribution in [0.4, 0.5) is 68.2 Å². The lowest BCUT2D eigenvalue weighted by atomic mass is 9.31. The van der Waals surface area contributed by atoms with Crippen LogP contribution >= 0.6 is 11.8 Å². The third-order valence-electron chi connectivity index (χ3n) is 22.3. The van der Waals surface area contributed by atoms with Gasteiger partial charge in [0.25, 0.3) is 6.71 Å². The van der Waals surface area contributed by atoms with Gasteiger partial charge in [-0.25, -0.2) is 0 Å². The first-order valence-electron chi connectivity index (χ1n) is 37.8. The number of fused-ring (bicyclic) bond motifs is 8. The summed E-state index contributed by atoms with van der Waals surface area (Å²) in [6.07, 6.45) is 0. The van der Waals surface area contributed by atoms with Crippen molar-refractivity contribution in [3.63, 3.8) is 0 Å². The Hall–Kier alpha value is -13.8. The molecule has 0 spiro atoms. The Morgan fingerprint density at radius 3 is 1.08 bits per heavy atom. The van der Waals surface area contributed by atoms with Gasteiger partial charge in [0, 0.05) is 83.9 Å². The first-order valence-corrected chi connectivity index (χ1v) is 38.6. The highest BCUT2D eigenvalue weighted by molar-refractivity contribution is 8.00. The van der Waals surface area contributed by atoms with E-state index in [4.69, 9.17) is 4.74 Å². The van der Waals surface area contributed by atoms with Crippen LogP contribution in [0.2, 0.25) is 0 Å². The Kier molecular flexibility index (Phi) is 16.0. The van der Waals surface area contributed by atoms with Crippen LogP contribution in [0.15, 0.2) is 422 Å². The minimum atomic E-state index is -0.244. The molecule has 0 amide bonds. The standard InChI is InChI=1S/C102H68B2N4OS/c1-8-27-69(28-9-1)73-47-55-80(56-48-73)105(81-57-49-74(50-58-81)70-29-10-2-11-30-70)84-63-94-100-97(65-84)109-96-46-25-23-44-89(96)104(100)90-67-91-98(68-93(90)108(94)102-86(77-35-16-5-17-36-77)41-26-42-87(102)78-37-18-6-19-38-78)110-99-66-85(64-95-101(99)103(91)88-43-22-24-45-92(88)107(95)79-39-20-7-21-40-79)106(82-59-51-75(52-60-82)71-31-12-3-13-32-71)83-61-53-76(54-62-83)72-33-14-4-15-34-72/h1-68H. The molecule has 0 atom stereocenters. The fraction of sp³-hybridized carbons (Fsp3) is 0. The van der Waals surface area contributed by atoms with Crippen molar-refractivity contribution >= 4 is 126 Å². The number of hydrogen-bond donors (Lipinski definition) is 0. The number of para-hydroxylation sites is 4. The smallest absolute Gasteiger partial charge is 0.256 e. The monoisotopic (exact) mass is 1420 g/mol. The summed E-state index contributed by atoms with van der Waals surface area (Å²) in [6, 6.07) is 152. The van der Waals surface area contributed by atoms with Crippen molar-refractivity contribution < 1.29 is 4.74 Å². The lowest BCUT2D eigenvalue weighted by molar-refractivity contribution is 0.487. The topological polar surface area (TPSA) is 22.2 Å². The third kappa shape index (κ3) is 11.2. The molecule has 0 aliphatic carbocycles. The Balaban J connectivity index is 0.823. The lowest BCUT2D eigenvalue weighted by Gasteiger charge is -2.44. The molecule has 0 N–H and O–H groups in total. The second-order valence-electron chi connectivity index (χ2n) is 28.6. The SMILES string of the molecule is c1ccc(-c2ccc(N(c3ccc(-c4ccccc4)cc3)c3cc4c5c(c3)N(c3c(-c6ccccc6)cccc3-c3ccccc3)c3cc6c(cc3B5c3ccccc3O4)B3c4ccccc4N(c4ccccc4)c4cc(N(c5ccc(-c7ccccc7)cc5)c5ccc(-c7ccccc7)cc5)cc(c43)S6)cc2)cc1. The van der Waals surface area contributed by atoms with Crippen molar-refractivity contribution in [1.82, 2.24) is 0 Å². The molecule has 17 aromatic carbocycles. The van der Waals surface area contributed by atoms with Gasteiger partial charge in [-0.2, -0.15) is 0 Å². The molecule has 4 aliphatic rings. The Morgan fingerprint density at radius 2 is 0.609 bits per heavy atom. The van der Waals surface area contributed by atoms with Gasteiger partial charge in [-0.3, -0.25) is 0 Å². The third-order valence-corrected chi connectivity index (χ3v) is 23.5. The molecule has 110 heavy (non-hydrogen) atoms. The summed E-state index contributed by atoms with van der Waals surface area (Å²) in [5.41, 5.74) is 33.8. The summed E-state index contributed by atoms with van der Waals surface area (Å²) < 4.78 is 7.58. The van der Waals surface area contributed by atoms with E-state index in [0.29, 0.717) is 0 Å². The number of hydrogen-bond acceptors (Lipinski definition) is 6. The molecule has 0 aromatic heterocycles. The summed E-state index contributed by atoms with van der Waals surface area (Å²) in [5, 5.41) is 0. The van der Waals surface area contributed by atoms with Gasteiger partial charge >= 0.3 is 0 Å².